The van der Waals surface area contributed by atoms with Gasteiger partial charge in [-0.05, 0) is 26.0 Å². The zero-order chi connectivity index (χ0) is 11.5. The minimum atomic E-state index is -0.758. The van der Waals surface area contributed by atoms with Crippen molar-refractivity contribution in [3.8, 4) is 0 Å². The first-order valence-corrected chi connectivity index (χ1v) is 6.31. The Kier molecular flexibility index (Phi) is 10.1. The van der Waals surface area contributed by atoms with Crippen molar-refractivity contribution < 1.29 is 19.4 Å². The van der Waals surface area contributed by atoms with Crippen molar-refractivity contribution in [2.45, 2.75) is 26.4 Å². The van der Waals surface area contributed by atoms with Crippen LogP contribution >= 0.6 is 11.8 Å². The molecule has 0 rings (SSSR count). The first kappa shape index (κ1) is 14.7. The van der Waals surface area contributed by atoms with Gasteiger partial charge in [-0.3, -0.25) is 4.79 Å². The molecule has 1 N–H and O–H groups in total. The van der Waals surface area contributed by atoms with Gasteiger partial charge in [0, 0.05) is 13.2 Å². The van der Waals surface area contributed by atoms with Gasteiger partial charge in [0.2, 0.25) is 0 Å². The predicted octanol–water partition coefficient (Wildman–Crippen LogP) is 1.64. The lowest BCUT2D eigenvalue weighted by atomic mass is 10.4. The lowest BCUT2D eigenvalue weighted by Crippen LogP contribution is -2.16. The van der Waals surface area contributed by atoms with Gasteiger partial charge in [-0.15, -0.1) is 0 Å². The van der Waals surface area contributed by atoms with Crippen LogP contribution in [0.15, 0.2) is 0 Å². The highest BCUT2D eigenvalue weighted by molar-refractivity contribution is 7.99. The van der Waals surface area contributed by atoms with Crippen LogP contribution in [0.1, 0.15) is 20.3 Å². The van der Waals surface area contributed by atoms with E-state index in [9.17, 15) is 4.79 Å². The molecule has 0 heterocycles. The third kappa shape index (κ3) is 11.7. The molecule has 0 aromatic carbocycles. The first-order chi connectivity index (χ1) is 7.16. The molecule has 0 aliphatic rings. The van der Waals surface area contributed by atoms with Gasteiger partial charge < -0.3 is 14.6 Å². The quantitative estimate of drug-likeness (QED) is 0.584. The maximum atomic E-state index is 10.2. The van der Waals surface area contributed by atoms with E-state index in [1.54, 1.807) is 0 Å². The molecule has 0 aromatic heterocycles. The molecule has 0 fully saturated rings. The molecular formula is C10H20O4S. The van der Waals surface area contributed by atoms with Crippen molar-refractivity contribution in [2.24, 2.45) is 0 Å². The molecule has 0 amide bonds. The van der Waals surface area contributed by atoms with Crippen LogP contribution < -0.4 is 0 Å². The van der Waals surface area contributed by atoms with Gasteiger partial charge in [0.15, 0.2) is 0 Å². The SMILES string of the molecule is CCOC(C)COCCCSCC(=O)O. The summed E-state index contributed by atoms with van der Waals surface area (Å²) in [5, 5.41) is 8.38. The van der Waals surface area contributed by atoms with Crippen molar-refractivity contribution in [3.05, 3.63) is 0 Å². The molecule has 0 spiro atoms. The smallest absolute Gasteiger partial charge is 0.313 e. The Hall–Kier alpha value is -0.260. The fourth-order valence-corrected chi connectivity index (χ4v) is 1.65. The summed E-state index contributed by atoms with van der Waals surface area (Å²) < 4.78 is 10.7. The summed E-state index contributed by atoms with van der Waals surface area (Å²) in [4.78, 5) is 10.2. The van der Waals surface area contributed by atoms with Crippen LogP contribution in [0.5, 0.6) is 0 Å². The van der Waals surface area contributed by atoms with E-state index in [2.05, 4.69) is 0 Å². The van der Waals surface area contributed by atoms with E-state index in [1.165, 1.54) is 11.8 Å². The predicted molar refractivity (Wildman–Crippen MR) is 61.5 cm³/mol. The number of carbonyl (C=O) groups is 1. The van der Waals surface area contributed by atoms with E-state index >= 15 is 0 Å². The highest BCUT2D eigenvalue weighted by Gasteiger charge is 2.00. The van der Waals surface area contributed by atoms with Crippen LogP contribution in [0.25, 0.3) is 0 Å². The van der Waals surface area contributed by atoms with Gasteiger partial charge in [0.05, 0.1) is 18.5 Å². The number of carboxylic acid groups (broad SMARTS) is 1. The number of aliphatic carboxylic acids is 1. The number of carboxylic acids is 1. The van der Waals surface area contributed by atoms with Crippen molar-refractivity contribution in [3.63, 3.8) is 0 Å². The number of ether oxygens (including phenoxy) is 2. The van der Waals surface area contributed by atoms with E-state index in [4.69, 9.17) is 14.6 Å². The van der Waals surface area contributed by atoms with Gasteiger partial charge in [0.25, 0.3) is 0 Å². The van der Waals surface area contributed by atoms with Crippen molar-refractivity contribution in [1.29, 1.82) is 0 Å². The number of rotatable bonds is 10. The van der Waals surface area contributed by atoms with Gasteiger partial charge in [-0.25, -0.2) is 0 Å². The topological polar surface area (TPSA) is 55.8 Å². The molecule has 15 heavy (non-hydrogen) atoms. The average Bonchev–Trinajstić information content (AvgIpc) is 2.16. The van der Waals surface area contributed by atoms with Crippen molar-refractivity contribution >= 4 is 17.7 Å². The molecule has 1 unspecified atom stereocenters. The van der Waals surface area contributed by atoms with Gasteiger partial charge in [-0.1, -0.05) is 0 Å². The van der Waals surface area contributed by atoms with E-state index in [1.807, 2.05) is 13.8 Å². The highest BCUT2D eigenvalue weighted by atomic mass is 32.2. The maximum absolute atomic E-state index is 10.2. The molecule has 4 nitrogen and oxygen atoms in total. The Morgan fingerprint density at radius 1 is 1.53 bits per heavy atom. The lowest BCUT2D eigenvalue weighted by Gasteiger charge is -2.11. The molecular weight excluding hydrogens is 216 g/mol. The molecule has 0 bridgehead atoms. The van der Waals surface area contributed by atoms with E-state index in [0.717, 1.165) is 12.2 Å². The molecule has 5 heteroatoms. The fraction of sp³-hybridized carbons (Fsp3) is 0.900. The van der Waals surface area contributed by atoms with Gasteiger partial charge in [0.1, 0.15) is 0 Å². The summed E-state index contributed by atoms with van der Waals surface area (Å²) in [7, 11) is 0. The molecule has 0 aliphatic heterocycles. The lowest BCUT2D eigenvalue weighted by molar-refractivity contribution is -0.133. The molecule has 0 aromatic rings. The molecule has 90 valence electrons. The zero-order valence-corrected chi connectivity index (χ0v) is 10.2. The van der Waals surface area contributed by atoms with Crippen LogP contribution in [-0.4, -0.2) is 48.5 Å². The Labute approximate surface area is 95.3 Å². The van der Waals surface area contributed by atoms with Gasteiger partial charge in [-0.2, -0.15) is 11.8 Å². The summed E-state index contributed by atoms with van der Waals surface area (Å²) in [6.45, 7) is 5.92. The highest BCUT2D eigenvalue weighted by Crippen LogP contribution is 2.02. The molecule has 0 radical (unpaired) electrons. The van der Waals surface area contributed by atoms with E-state index in [0.29, 0.717) is 19.8 Å². The van der Waals surface area contributed by atoms with E-state index in [-0.39, 0.29) is 11.9 Å². The molecule has 0 aliphatic carbocycles. The summed E-state index contributed by atoms with van der Waals surface area (Å²) in [5.74, 6) is 0.246. The summed E-state index contributed by atoms with van der Waals surface area (Å²) >= 11 is 1.42. The third-order valence-corrected chi connectivity index (χ3v) is 2.64. The van der Waals surface area contributed by atoms with Crippen LogP contribution in [-0.2, 0) is 14.3 Å². The minimum Gasteiger partial charge on any atom is -0.481 e. The van der Waals surface area contributed by atoms with E-state index < -0.39 is 5.97 Å². The Morgan fingerprint density at radius 3 is 2.87 bits per heavy atom. The second-order valence-electron chi connectivity index (χ2n) is 3.14. The average molecular weight is 236 g/mol. The maximum Gasteiger partial charge on any atom is 0.313 e. The zero-order valence-electron chi connectivity index (χ0n) is 9.40. The monoisotopic (exact) mass is 236 g/mol. The molecule has 1 atom stereocenters. The minimum absolute atomic E-state index is 0.140. The normalized spacial score (nSPS) is 12.7. The Bertz CT molecular complexity index is 164. The van der Waals surface area contributed by atoms with Crippen LogP contribution in [0, 0.1) is 0 Å². The first-order valence-electron chi connectivity index (χ1n) is 5.15. The fourth-order valence-electron chi connectivity index (χ4n) is 1.00. The Morgan fingerprint density at radius 2 is 2.27 bits per heavy atom. The number of thioether (sulfide) groups is 1. The number of hydrogen-bond acceptors (Lipinski definition) is 4. The van der Waals surface area contributed by atoms with Crippen molar-refractivity contribution in [2.75, 3.05) is 31.3 Å². The number of hydrogen-bond donors (Lipinski definition) is 1. The second kappa shape index (κ2) is 10.3. The van der Waals surface area contributed by atoms with Crippen LogP contribution in [0.4, 0.5) is 0 Å². The summed E-state index contributed by atoms with van der Waals surface area (Å²) in [6, 6.07) is 0. The largest absolute Gasteiger partial charge is 0.481 e. The summed E-state index contributed by atoms with van der Waals surface area (Å²) in [6.07, 6.45) is 1.03. The molecule has 0 saturated heterocycles. The standard InChI is InChI=1S/C10H20O4S/c1-3-14-9(2)7-13-5-4-6-15-8-10(11)12/h9H,3-8H2,1-2H3,(H,11,12). The molecule has 0 saturated carbocycles. The van der Waals surface area contributed by atoms with Crippen molar-refractivity contribution in [1.82, 2.24) is 0 Å². The second-order valence-corrected chi connectivity index (χ2v) is 4.25. The van der Waals surface area contributed by atoms with Crippen LogP contribution in [0.3, 0.4) is 0 Å². The summed E-state index contributed by atoms with van der Waals surface area (Å²) in [5.41, 5.74) is 0. The van der Waals surface area contributed by atoms with Crippen LogP contribution in [0.2, 0.25) is 0 Å². The van der Waals surface area contributed by atoms with Gasteiger partial charge >= 0.3 is 5.97 Å². The Balaban J connectivity index is 3.07. The third-order valence-electron chi connectivity index (χ3n) is 1.61.